The van der Waals surface area contributed by atoms with Gasteiger partial charge in [0, 0.05) is 30.0 Å². The van der Waals surface area contributed by atoms with Crippen molar-refractivity contribution in [3.8, 4) is 0 Å². The lowest BCUT2D eigenvalue weighted by Gasteiger charge is -2.12. The monoisotopic (exact) mass is 347 g/mol. The minimum atomic E-state index is -0.419. The lowest BCUT2D eigenvalue weighted by atomic mass is 10.2. The Morgan fingerprint density at radius 2 is 2.00 bits per heavy atom. The highest BCUT2D eigenvalue weighted by molar-refractivity contribution is 8.00. The first-order chi connectivity index (χ1) is 11.4. The van der Waals surface area contributed by atoms with E-state index >= 15 is 0 Å². The van der Waals surface area contributed by atoms with Gasteiger partial charge >= 0.3 is 0 Å². The molecule has 0 aliphatic rings. The Bertz CT molecular complexity index is 772. The van der Waals surface area contributed by atoms with Crippen molar-refractivity contribution in [3.05, 3.63) is 51.4 Å². The molecule has 24 heavy (non-hydrogen) atoms. The highest BCUT2D eigenvalue weighted by Gasteiger charge is 2.17. The van der Waals surface area contributed by atoms with Crippen LogP contribution in [-0.4, -0.2) is 32.8 Å². The molecule has 0 aliphatic carbocycles. The SMILES string of the molecule is Cc1ccc(NC(=O)[C@@H](C)Sc2nc(C)c(CCO)c(=O)[nH]2)cc1. The maximum Gasteiger partial charge on any atom is 0.255 e. The molecule has 128 valence electrons. The number of carbonyl (C=O) groups excluding carboxylic acids is 1. The molecule has 2 rings (SSSR count). The Morgan fingerprint density at radius 1 is 1.33 bits per heavy atom. The zero-order valence-corrected chi connectivity index (χ0v) is 14.7. The number of aliphatic hydroxyl groups is 1. The number of anilines is 1. The first-order valence-corrected chi connectivity index (χ1v) is 8.53. The van der Waals surface area contributed by atoms with Gasteiger partial charge in [0.15, 0.2) is 5.16 Å². The largest absolute Gasteiger partial charge is 0.396 e. The summed E-state index contributed by atoms with van der Waals surface area (Å²) in [4.78, 5) is 31.2. The van der Waals surface area contributed by atoms with Crippen LogP contribution < -0.4 is 10.9 Å². The van der Waals surface area contributed by atoms with E-state index in [0.29, 0.717) is 16.4 Å². The lowest BCUT2D eigenvalue weighted by Crippen LogP contribution is -2.24. The summed E-state index contributed by atoms with van der Waals surface area (Å²) in [6.07, 6.45) is 0.266. The molecule has 0 saturated carbocycles. The van der Waals surface area contributed by atoms with Crippen LogP contribution in [0, 0.1) is 13.8 Å². The van der Waals surface area contributed by atoms with E-state index in [1.165, 1.54) is 11.8 Å². The van der Waals surface area contributed by atoms with E-state index in [1.54, 1.807) is 13.8 Å². The molecule has 1 atom stereocenters. The van der Waals surface area contributed by atoms with Crippen molar-refractivity contribution in [3.63, 3.8) is 0 Å². The van der Waals surface area contributed by atoms with Gasteiger partial charge in [-0.15, -0.1) is 0 Å². The average Bonchev–Trinajstić information content (AvgIpc) is 2.53. The molecule has 2 aromatic rings. The maximum absolute atomic E-state index is 12.3. The van der Waals surface area contributed by atoms with Crippen LogP contribution >= 0.6 is 11.8 Å². The number of nitrogens with zero attached hydrogens (tertiary/aromatic N) is 1. The number of aliphatic hydroxyl groups excluding tert-OH is 1. The van der Waals surface area contributed by atoms with Crippen LogP contribution in [-0.2, 0) is 11.2 Å². The third-order valence-corrected chi connectivity index (χ3v) is 4.52. The minimum Gasteiger partial charge on any atom is -0.396 e. The molecule has 0 fully saturated rings. The number of thioether (sulfide) groups is 1. The number of aryl methyl sites for hydroxylation is 2. The predicted molar refractivity (Wildman–Crippen MR) is 95.5 cm³/mol. The smallest absolute Gasteiger partial charge is 0.255 e. The molecule has 0 radical (unpaired) electrons. The van der Waals surface area contributed by atoms with E-state index in [-0.39, 0.29) is 24.5 Å². The molecule has 0 bridgehead atoms. The highest BCUT2D eigenvalue weighted by Crippen LogP contribution is 2.21. The molecule has 1 aromatic heterocycles. The van der Waals surface area contributed by atoms with Gasteiger partial charge in [0.1, 0.15) is 0 Å². The number of rotatable bonds is 6. The summed E-state index contributed by atoms with van der Waals surface area (Å²) < 4.78 is 0. The summed E-state index contributed by atoms with van der Waals surface area (Å²) in [6, 6.07) is 7.54. The number of benzene rings is 1. The number of amides is 1. The van der Waals surface area contributed by atoms with Crippen molar-refractivity contribution >= 4 is 23.4 Å². The molecule has 3 N–H and O–H groups in total. The van der Waals surface area contributed by atoms with Gasteiger partial charge in [-0.1, -0.05) is 29.5 Å². The second kappa shape index (κ2) is 8.12. The van der Waals surface area contributed by atoms with Crippen LogP contribution in [0.25, 0.3) is 0 Å². The Labute approximate surface area is 144 Å². The molecule has 1 aromatic carbocycles. The molecular weight excluding hydrogens is 326 g/mol. The van der Waals surface area contributed by atoms with Crippen LogP contribution in [0.4, 0.5) is 5.69 Å². The Hall–Kier alpha value is -2.12. The van der Waals surface area contributed by atoms with Gasteiger partial charge in [-0.3, -0.25) is 9.59 Å². The first kappa shape index (κ1) is 18.2. The highest BCUT2D eigenvalue weighted by atomic mass is 32.2. The Morgan fingerprint density at radius 3 is 2.58 bits per heavy atom. The summed E-state index contributed by atoms with van der Waals surface area (Å²) in [5.41, 5.74) is 2.62. The van der Waals surface area contributed by atoms with E-state index in [1.807, 2.05) is 31.2 Å². The van der Waals surface area contributed by atoms with E-state index in [9.17, 15) is 9.59 Å². The fourth-order valence-electron chi connectivity index (χ4n) is 2.15. The molecule has 0 aliphatic heterocycles. The van der Waals surface area contributed by atoms with Gasteiger partial charge < -0.3 is 15.4 Å². The number of hydrogen-bond acceptors (Lipinski definition) is 5. The van der Waals surface area contributed by atoms with Crippen molar-refractivity contribution in [2.45, 2.75) is 37.6 Å². The Kier molecular flexibility index (Phi) is 6.16. The molecule has 0 spiro atoms. The second-order valence-corrected chi connectivity index (χ2v) is 6.85. The van der Waals surface area contributed by atoms with Gasteiger partial charge in [-0.05, 0) is 32.9 Å². The van der Waals surface area contributed by atoms with Crippen LogP contribution in [0.5, 0.6) is 0 Å². The van der Waals surface area contributed by atoms with E-state index in [4.69, 9.17) is 5.11 Å². The van der Waals surface area contributed by atoms with Crippen LogP contribution in [0.1, 0.15) is 23.7 Å². The van der Waals surface area contributed by atoms with Crippen LogP contribution in [0.15, 0.2) is 34.2 Å². The third kappa shape index (κ3) is 4.69. The summed E-state index contributed by atoms with van der Waals surface area (Å²) >= 11 is 1.19. The van der Waals surface area contributed by atoms with Gasteiger partial charge in [-0.25, -0.2) is 4.98 Å². The minimum absolute atomic E-state index is 0.104. The number of nitrogens with one attached hydrogen (secondary N) is 2. The predicted octanol–water partition coefficient (Wildman–Crippen LogP) is 2.04. The van der Waals surface area contributed by atoms with Crippen molar-refractivity contribution in [1.82, 2.24) is 9.97 Å². The number of carbonyl (C=O) groups is 1. The maximum atomic E-state index is 12.3. The van der Waals surface area contributed by atoms with E-state index < -0.39 is 5.25 Å². The van der Waals surface area contributed by atoms with Gasteiger partial charge in [0.2, 0.25) is 5.91 Å². The van der Waals surface area contributed by atoms with E-state index in [0.717, 1.165) is 11.3 Å². The molecular formula is C17H21N3O3S. The van der Waals surface area contributed by atoms with Crippen LogP contribution in [0.2, 0.25) is 0 Å². The topological polar surface area (TPSA) is 95.1 Å². The summed E-state index contributed by atoms with van der Waals surface area (Å²) in [5, 5.41) is 11.8. The number of aromatic amines is 1. The molecule has 1 amide bonds. The number of H-pyrrole nitrogens is 1. The average molecular weight is 347 g/mol. The third-order valence-electron chi connectivity index (χ3n) is 3.54. The molecule has 1 heterocycles. The van der Waals surface area contributed by atoms with Crippen molar-refractivity contribution in [2.24, 2.45) is 0 Å². The van der Waals surface area contributed by atoms with Crippen LogP contribution in [0.3, 0.4) is 0 Å². The second-order valence-electron chi connectivity index (χ2n) is 5.52. The van der Waals surface area contributed by atoms with Crippen molar-refractivity contribution in [2.75, 3.05) is 11.9 Å². The van der Waals surface area contributed by atoms with Gasteiger partial charge in [0.05, 0.1) is 5.25 Å². The zero-order valence-electron chi connectivity index (χ0n) is 13.9. The standard InChI is InChI=1S/C17H21N3O3S/c1-10-4-6-13(7-5-10)19-15(22)12(3)24-17-18-11(2)14(8-9-21)16(23)20-17/h4-7,12,21H,8-9H2,1-3H3,(H,19,22)(H,18,20,23)/t12-/m1/s1. The molecule has 0 saturated heterocycles. The summed E-state index contributed by atoms with van der Waals surface area (Å²) in [7, 11) is 0. The quantitative estimate of drug-likeness (QED) is 0.549. The fourth-order valence-corrected chi connectivity index (χ4v) is 2.99. The van der Waals surface area contributed by atoms with Crippen molar-refractivity contribution < 1.29 is 9.90 Å². The first-order valence-electron chi connectivity index (χ1n) is 7.65. The molecule has 7 heteroatoms. The van der Waals surface area contributed by atoms with Gasteiger partial charge in [-0.2, -0.15) is 0 Å². The fraction of sp³-hybridized carbons (Fsp3) is 0.353. The number of aromatic nitrogens is 2. The molecule has 6 nitrogen and oxygen atoms in total. The van der Waals surface area contributed by atoms with Gasteiger partial charge in [0.25, 0.3) is 5.56 Å². The Balaban J connectivity index is 2.06. The lowest BCUT2D eigenvalue weighted by molar-refractivity contribution is -0.115. The zero-order chi connectivity index (χ0) is 17.7. The summed E-state index contributed by atoms with van der Waals surface area (Å²) in [5.74, 6) is -0.163. The summed E-state index contributed by atoms with van der Waals surface area (Å²) in [6.45, 7) is 5.36. The van der Waals surface area contributed by atoms with E-state index in [2.05, 4.69) is 15.3 Å². The normalized spacial score (nSPS) is 12.0. The molecule has 0 unspecified atom stereocenters. The number of hydrogen-bond donors (Lipinski definition) is 3. The van der Waals surface area contributed by atoms with Crippen molar-refractivity contribution in [1.29, 1.82) is 0 Å².